The number of halogens is 1. The van der Waals surface area contributed by atoms with E-state index in [4.69, 9.17) is 0 Å². The van der Waals surface area contributed by atoms with E-state index in [9.17, 15) is 18.8 Å². The molecule has 1 heterocycles. The van der Waals surface area contributed by atoms with Crippen LogP contribution in [0.3, 0.4) is 0 Å². The number of imide groups is 2. The largest absolute Gasteiger partial charge is 0.335 e. The first-order chi connectivity index (χ1) is 12.0. The molecule has 0 aromatic heterocycles. The van der Waals surface area contributed by atoms with Crippen molar-refractivity contribution in [1.29, 1.82) is 0 Å². The summed E-state index contributed by atoms with van der Waals surface area (Å²) in [6.45, 7) is 6.94. The molecule has 1 aromatic rings. The maximum absolute atomic E-state index is 13.9. The third kappa shape index (κ3) is 4.27. The molecule has 1 saturated heterocycles. The first-order valence-corrected chi connectivity index (χ1v) is 8.15. The van der Waals surface area contributed by atoms with Gasteiger partial charge in [0, 0.05) is 12.8 Å². The zero-order chi connectivity index (χ0) is 18.4. The average molecular weight is 348 g/mol. The van der Waals surface area contributed by atoms with Crippen molar-refractivity contribution >= 4 is 29.7 Å². The Morgan fingerprint density at radius 2 is 1.92 bits per heavy atom. The van der Waals surface area contributed by atoms with E-state index < -0.39 is 29.6 Å². The number of anilines is 1. The summed E-state index contributed by atoms with van der Waals surface area (Å²) in [7, 11) is 0. The van der Waals surface area contributed by atoms with Gasteiger partial charge in [-0.15, -0.1) is 0 Å². The Balaban J connectivity index is 2.13. The molecule has 0 aliphatic carbocycles. The number of urea groups is 1. The van der Waals surface area contributed by atoms with Gasteiger partial charge in [0.05, 0.1) is 12.2 Å². The van der Waals surface area contributed by atoms with Gasteiger partial charge in [-0.3, -0.25) is 19.9 Å². The standard InChI is InChI=1S/C17H21FN4O3/c1-3-21(4-2)10-9-19-11-12-15(23)20-17(25)22(16(12)24)14-8-6-5-7-13(14)18/h5-8,11-12H,3-4,9-10H2,1-2H3,(H,20,23,25). The Kier molecular flexibility index (Phi) is 6.35. The molecule has 1 aliphatic heterocycles. The van der Waals surface area contributed by atoms with Crippen molar-refractivity contribution in [2.24, 2.45) is 10.9 Å². The fourth-order valence-electron chi connectivity index (χ4n) is 2.50. The number of para-hydroxylation sites is 1. The zero-order valence-corrected chi connectivity index (χ0v) is 14.2. The van der Waals surface area contributed by atoms with E-state index in [2.05, 4.69) is 15.2 Å². The van der Waals surface area contributed by atoms with E-state index in [1.807, 2.05) is 13.8 Å². The maximum atomic E-state index is 13.9. The summed E-state index contributed by atoms with van der Waals surface area (Å²) in [4.78, 5) is 43.3. The van der Waals surface area contributed by atoms with Crippen LogP contribution in [0.4, 0.5) is 14.9 Å². The lowest BCUT2D eigenvalue weighted by Crippen LogP contribution is -2.59. The van der Waals surface area contributed by atoms with Crippen LogP contribution in [-0.4, -0.2) is 55.1 Å². The topological polar surface area (TPSA) is 82.1 Å². The van der Waals surface area contributed by atoms with Crippen LogP contribution in [0.2, 0.25) is 0 Å². The number of carbonyl (C=O) groups is 3. The van der Waals surface area contributed by atoms with Gasteiger partial charge in [-0.25, -0.2) is 14.1 Å². The summed E-state index contributed by atoms with van der Waals surface area (Å²) in [6.07, 6.45) is 1.22. The van der Waals surface area contributed by atoms with Crippen LogP contribution in [-0.2, 0) is 9.59 Å². The van der Waals surface area contributed by atoms with Crippen molar-refractivity contribution in [3.63, 3.8) is 0 Å². The second kappa shape index (κ2) is 8.48. The number of rotatable bonds is 7. The summed E-state index contributed by atoms with van der Waals surface area (Å²) in [5.74, 6) is -3.55. The van der Waals surface area contributed by atoms with E-state index in [1.54, 1.807) is 0 Å². The predicted molar refractivity (Wildman–Crippen MR) is 92.1 cm³/mol. The molecule has 0 saturated carbocycles. The Hall–Kier alpha value is -2.61. The van der Waals surface area contributed by atoms with E-state index in [1.165, 1.54) is 24.4 Å². The van der Waals surface area contributed by atoms with Crippen LogP contribution < -0.4 is 10.2 Å². The fourth-order valence-corrected chi connectivity index (χ4v) is 2.50. The number of hydrogen-bond acceptors (Lipinski definition) is 5. The number of carbonyl (C=O) groups excluding carboxylic acids is 3. The molecular weight excluding hydrogens is 327 g/mol. The number of benzene rings is 1. The second-order valence-corrected chi connectivity index (χ2v) is 5.48. The summed E-state index contributed by atoms with van der Waals surface area (Å²) < 4.78 is 13.9. The van der Waals surface area contributed by atoms with Crippen molar-refractivity contribution in [2.75, 3.05) is 31.1 Å². The molecular formula is C17H21FN4O3. The monoisotopic (exact) mass is 348 g/mol. The molecule has 1 atom stereocenters. The molecule has 0 radical (unpaired) electrons. The minimum Gasteiger partial charge on any atom is -0.302 e. The number of hydrogen-bond donors (Lipinski definition) is 1. The first kappa shape index (κ1) is 18.7. The van der Waals surface area contributed by atoms with Crippen LogP contribution in [0.15, 0.2) is 29.3 Å². The molecule has 134 valence electrons. The molecule has 25 heavy (non-hydrogen) atoms. The summed E-state index contributed by atoms with van der Waals surface area (Å²) in [5.41, 5.74) is -0.195. The van der Waals surface area contributed by atoms with Crippen LogP contribution in [0.5, 0.6) is 0 Å². The third-order valence-electron chi connectivity index (χ3n) is 3.99. The van der Waals surface area contributed by atoms with Gasteiger partial charge in [-0.2, -0.15) is 0 Å². The fraction of sp³-hybridized carbons (Fsp3) is 0.412. The second-order valence-electron chi connectivity index (χ2n) is 5.48. The molecule has 8 heteroatoms. The average Bonchev–Trinajstić information content (AvgIpc) is 2.59. The van der Waals surface area contributed by atoms with E-state index >= 15 is 0 Å². The highest BCUT2D eigenvalue weighted by Crippen LogP contribution is 2.23. The van der Waals surface area contributed by atoms with Crippen molar-refractivity contribution in [3.8, 4) is 0 Å². The third-order valence-corrected chi connectivity index (χ3v) is 3.99. The molecule has 1 fully saturated rings. The minimum absolute atomic E-state index is 0.195. The van der Waals surface area contributed by atoms with Crippen LogP contribution >= 0.6 is 0 Å². The van der Waals surface area contributed by atoms with Gasteiger partial charge in [0.25, 0.3) is 5.91 Å². The SMILES string of the molecule is CCN(CC)CCN=CC1C(=O)NC(=O)N(c2ccccc2F)C1=O. The normalized spacial score (nSPS) is 18.3. The smallest absolute Gasteiger partial charge is 0.302 e. The Labute approximate surface area is 145 Å². The highest BCUT2D eigenvalue weighted by molar-refractivity contribution is 6.32. The lowest BCUT2D eigenvalue weighted by Gasteiger charge is -2.28. The Morgan fingerprint density at radius 1 is 1.24 bits per heavy atom. The van der Waals surface area contributed by atoms with Crippen LogP contribution in [0, 0.1) is 11.7 Å². The molecule has 1 N–H and O–H groups in total. The predicted octanol–water partition coefficient (Wildman–Crippen LogP) is 1.44. The van der Waals surface area contributed by atoms with Crippen molar-refractivity contribution in [1.82, 2.24) is 10.2 Å². The van der Waals surface area contributed by atoms with E-state index in [-0.39, 0.29) is 5.69 Å². The van der Waals surface area contributed by atoms with E-state index in [0.29, 0.717) is 18.0 Å². The van der Waals surface area contributed by atoms with Gasteiger partial charge >= 0.3 is 6.03 Å². The van der Waals surface area contributed by atoms with Gasteiger partial charge in [0.1, 0.15) is 5.82 Å². The summed E-state index contributed by atoms with van der Waals surface area (Å²) >= 11 is 0. The molecule has 0 spiro atoms. The quantitative estimate of drug-likeness (QED) is 0.597. The first-order valence-electron chi connectivity index (χ1n) is 8.15. The lowest BCUT2D eigenvalue weighted by atomic mass is 10.1. The van der Waals surface area contributed by atoms with Gasteiger partial charge < -0.3 is 4.90 Å². The van der Waals surface area contributed by atoms with E-state index in [0.717, 1.165) is 19.2 Å². The van der Waals surface area contributed by atoms with Crippen molar-refractivity contribution < 1.29 is 18.8 Å². The lowest BCUT2D eigenvalue weighted by molar-refractivity contribution is -0.131. The highest BCUT2D eigenvalue weighted by atomic mass is 19.1. The highest BCUT2D eigenvalue weighted by Gasteiger charge is 2.41. The number of likely N-dealkylation sites (N-methyl/N-ethyl adjacent to an activating group) is 1. The number of nitrogens with zero attached hydrogens (tertiary/aromatic N) is 3. The molecule has 4 amide bonds. The van der Waals surface area contributed by atoms with Crippen molar-refractivity contribution in [3.05, 3.63) is 30.1 Å². The molecule has 7 nitrogen and oxygen atoms in total. The molecule has 1 aromatic carbocycles. The van der Waals surface area contributed by atoms with Gasteiger partial charge in [-0.05, 0) is 25.2 Å². The number of barbiturate groups is 1. The van der Waals surface area contributed by atoms with Crippen LogP contribution in [0.25, 0.3) is 0 Å². The van der Waals surface area contributed by atoms with Gasteiger partial charge in [-0.1, -0.05) is 26.0 Å². The molecule has 0 bridgehead atoms. The van der Waals surface area contributed by atoms with Gasteiger partial charge in [0.15, 0.2) is 5.92 Å². The summed E-state index contributed by atoms with van der Waals surface area (Å²) in [6, 6.07) is 4.43. The Morgan fingerprint density at radius 3 is 2.56 bits per heavy atom. The summed E-state index contributed by atoms with van der Waals surface area (Å²) in [5, 5.41) is 2.07. The molecule has 2 rings (SSSR count). The number of aliphatic imine (C=N–C) groups is 1. The number of amides is 4. The van der Waals surface area contributed by atoms with Crippen molar-refractivity contribution in [2.45, 2.75) is 13.8 Å². The Bertz CT molecular complexity index is 688. The van der Waals surface area contributed by atoms with Crippen LogP contribution in [0.1, 0.15) is 13.8 Å². The zero-order valence-electron chi connectivity index (χ0n) is 14.2. The minimum atomic E-state index is -1.26. The maximum Gasteiger partial charge on any atom is 0.335 e. The number of nitrogens with one attached hydrogen (secondary N) is 1. The van der Waals surface area contributed by atoms with Gasteiger partial charge in [0.2, 0.25) is 5.91 Å². The molecule has 1 aliphatic rings. The molecule has 1 unspecified atom stereocenters.